The lowest BCUT2D eigenvalue weighted by molar-refractivity contribution is -0.133. The molecule has 0 amide bonds. The molecule has 0 aromatic heterocycles. The van der Waals surface area contributed by atoms with E-state index in [1.807, 2.05) is 0 Å². The predicted octanol–water partition coefficient (Wildman–Crippen LogP) is 24.8. The van der Waals surface area contributed by atoms with Crippen LogP contribution in [-0.4, -0.2) is 11.6 Å². The Kier molecular flexibility index (Phi) is 19.6. The van der Waals surface area contributed by atoms with Crippen LogP contribution in [0.4, 0.5) is 51.2 Å². The van der Waals surface area contributed by atoms with Crippen molar-refractivity contribution < 1.29 is 9.59 Å². The minimum Gasteiger partial charge on any atom is -0.311 e. The van der Waals surface area contributed by atoms with E-state index in [-0.39, 0.29) is 17.0 Å². The van der Waals surface area contributed by atoms with E-state index < -0.39 is 5.41 Å². The van der Waals surface area contributed by atoms with Gasteiger partial charge in [-0.1, -0.05) is 243 Å². The minimum atomic E-state index is -1.45. The lowest BCUT2D eigenvalue weighted by Gasteiger charge is -2.30. The Bertz CT molecular complexity index is 4240. The maximum atomic E-state index is 15.9. The summed E-state index contributed by atoms with van der Waals surface area (Å²) in [5.74, 6) is 0.0331. The van der Waals surface area contributed by atoms with Crippen molar-refractivity contribution in [3.05, 3.63) is 295 Å². The van der Waals surface area contributed by atoms with E-state index in [0.717, 1.165) is 171 Å². The second-order valence-corrected chi connectivity index (χ2v) is 26.3. The third kappa shape index (κ3) is 13.7. The molecule has 0 unspecified atom stereocenters. The number of carbonyl (C=O) groups is 2. The number of hydrogen-bond donors (Lipinski definition) is 0. The van der Waals surface area contributed by atoms with Crippen LogP contribution in [-0.2, 0) is 20.4 Å². The van der Waals surface area contributed by atoms with Gasteiger partial charge in [-0.15, -0.1) is 0 Å². The van der Waals surface area contributed by atoms with Crippen molar-refractivity contribution in [3.63, 3.8) is 0 Å². The highest BCUT2D eigenvalue weighted by Crippen LogP contribution is 2.54. The van der Waals surface area contributed by atoms with Crippen LogP contribution in [0.1, 0.15) is 134 Å². The van der Waals surface area contributed by atoms with Gasteiger partial charge in [0.25, 0.3) is 0 Å². The molecule has 0 atom stereocenters. The number of aryl methyl sites for hydroxylation is 1. The van der Waals surface area contributed by atoms with Crippen LogP contribution in [0.2, 0.25) is 0 Å². The number of fused-ring (bicyclic) bond motifs is 3. The smallest absolute Gasteiger partial charge is 0.155 e. The number of ketones is 2. The summed E-state index contributed by atoms with van der Waals surface area (Å²) >= 11 is 0. The Morgan fingerprint density at radius 3 is 0.892 bits per heavy atom. The summed E-state index contributed by atoms with van der Waals surface area (Å²) in [5, 5.41) is 0. The Balaban J connectivity index is 0.878. The van der Waals surface area contributed by atoms with Crippen LogP contribution < -0.4 is 14.7 Å². The van der Waals surface area contributed by atoms with Crippen molar-refractivity contribution in [2.24, 2.45) is 0 Å². The van der Waals surface area contributed by atoms with Gasteiger partial charge in [0.15, 0.2) is 11.6 Å². The summed E-state index contributed by atoms with van der Waals surface area (Å²) in [5.41, 5.74) is 20.6. The number of unbranched alkanes of at least 4 members (excludes halogenated alkanes) is 8. The minimum absolute atomic E-state index is 0.0166. The third-order valence-electron chi connectivity index (χ3n) is 18.8. The van der Waals surface area contributed by atoms with Crippen molar-refractivity contribution >= 4 is 62.8 Å². The molecule has 0 radical (unpaired) electrons. The molecule has 11 aromatic carbocycles. The fraction of sp³-hybridized carbons (Fsp3) is 0.227. The molecule has 0 N–H and O–H groups in total. The average molecular weight is 1220 g/mol. The summed E-state index contributed by atoms with van der Waals surface area (Å²) < 4.78 is 0. The van der Waals surface area contributed by atoms with Gasteiger partial charge in [-0.3, -0.25) is 9.59 Å². The molecule has 0 heterocycles. The van der Waals surface area contributed by atoms with Crippen molar-refractivity contribution in [2.45, 2.75) is 129 Å². The van der Waals surface area contributed by atoms with E-state index in [4.69, 9.17) is 0 Å². The number of anilines is 9. The van der Waals surface area contributed by atoms with Crippen molar-refractivity contribution in [2.75, 3.05) is 14.7 Å². The molecule has 0 bridgehead atoms. The largest absolute Gasteiger partial charge is 0.311 e. The molecule has 466 valence electrons. The summed E-state index contributed by atoms with van der Waals surface area (Å²) in [6.07, 6.45) is 10.8. The number of hydrogen-bond acceptors (Lipinski definition) is 5. The van der Waals surface area contributed by atoms with Gasteiger partial charge in [0.2, 0.25) is 0 Å². The van der Waals surface area contributed by atoms with E-state index >= 15 is 9.59 Å². The highest BCUT2D eigenvalue weighted by molar-refractivity contribution is 6.20. The Hall–Kier alpha value is -9.84. The molecule has 0 spiro atoms. The number of rotatable bonds is 26. The molecule has 0 saturated carbocycles. The fourth-order valence-electron chi connectivity index (χ4n) is 13.7. The van der Waals surface area contributed by atoms with E-state index in [2.05, 4.69) is 329 Å². The molecule has 0 saturated heterocycles. The monoisotopic (exact) mass is 1220 g/mol. The normalized spacial score (nSPS) is 12.2. The van der Waals surface area contributed by atoms with Gasteiger partial charge in [-0.05, 0) is 208 Å². The molecule has 93 heavy (non-hydrogen) atoms. The predicted molar refractivity (Wildman–Crippen MR) is 393 cm³/mol. The Labute approximate surface area is 553 Å². The van der Waals surface area contributed by atoms with Crippen LogP contribution >= 0.6 is 0 Å². The zero-order chi connectivity index (χ0) is 64.3. The third-order valence-corrected chi connectivity index (χ3v) is 18.8. The molecular weight excluding hydrogens is 1130 g/mol. The van der Waals surface area contributed by atoms with Crippen LogP contribution in [0.25, 0.3) is 44.5 Å². The van der Waals surface area contributed by atoms with Gasteiger partial charge < -0.3 is 14.7 Å². The molecule has 0 fully saturated rings. The molecule has 1 aliphatic rings. The second kappa shape index (κ2) is 28.8. The number of Topliss-reactive ketones (excluding diaryl/α,β-unsaturated/α-hetero) is 2. The van der Waals surface area contributed by atoms with Gasteiger partial charge in [0, 0.05) is 64.0 Å². The average Bonchev–Trinajstić information content (AvgIpc) is 1.55. The van der Waals surface area contributed by atoms with Crippen molar-refractivity contribution in [1.82, 2.24) is 0 Å². The maximum Gasteiger partial charge on any atom is 0.155 e. The topological polar surface area (TPSA) is 43.9 Å². The SMILES string of the molecule is CCCCCCCC(=O)C1(C(=O)CCCCCCC)c2cc(-c3ccc(N(c4ccccc4)c4ccc(-c5ccc(N(c6ccccc6)c6ccc(C)cc6)cc5)cc4)cc3)ccc2-c2ccc(-c3ccc(N(c4ccccc4)c4ccc(C(C)(C)C)cc4)cc3)cc21. The van der Waals surface area contributed by atoms with Crippen LogP contribution in [0, 0.1) is 6.92 Å². The van der Waals surface area contributed by atoms with Gasteiger partial charge in [-0.2, -0.15) is 0 Å². The first-order valence-electron chi connectivity index (χ1n) is 33.9. The van der Waals surface area contributed by atoms with Crippen LogP contribution in [0.15, 0.2) is 273 Å². The fourth-order valence-corrected chi connectivity index (χ4v) is 13.7. The standard InChI is InChI=1S/C88H87N3O2/c1-7-9-11-13-24-32-85(92)88(86(93)33-25-14-12-10-8-2)83-62-69(44-60-81(83)82-61-45-70(63-84(82)88)68-42-56-79(57-43-68)91(74-30-22-17-23-31-74)80-58-46-71(47-59-80)87(4,5)6)67-40-54-78(55-41-67)90(73-28-20-16-21-29-73)77-52-38-66(39-53-77)65-36-50-76(51-37-65)89(72-26-18-15-19-27-72)75-48-34-64(3)35-49-75/h15-23,26-31,34-63H,7-14,24-25,32-33H2,1-6H3. The zero-order valence-electron chi connectivity index (χ0n) is 55.1. The quantitative estimate of drug-likeness (QED) is 0.0399. The Morgan fingerprint density at radius 1 is 0.312 bits per heavy atom. The molecule has 5 nitrogen and oxygen atoms in total. The van der Waals surface area contributed by atoms with Crippen molar-refractivity contribution in [3.8, 4) is 44.5 Å². The first-order valence-corrected chi connectivity index (χ1v) is 33.9. The van der Waals surface area contributed by atoms with Crippen LogP contribution in [0.3, 0.4) is 0 Å². The summed E-state index contributed by atoms with van der Waals surface area (Å²) in [6, 6.07) is 97.5. The van der Waals surface area contributed by atoms with Crippen LogP contribution in [0.5, 0.6) is 0 Å². The summed E-state index contributed by atoms with van der Waals surface area (Å²) in [7, 11) is 0. The maximum absolute atomic E-state index is 15.9. The lowest BCUT2D eigenvalue weighted by atomic mass is 9.68. The van der Waals surface area contributed by atoms with E-state index in [9.17, 15) is 0 Å². The zero-order valence-corrected chi connectivity index (χ0v) is 55.1. The lowest BCUT2D eigenvalue weighted by Crippen LogP contribution is -2.43. The van der Waals surface area contributed by atoms with Gasteiger partial charge >= 0.3 is 0 Å². The first kappa shape index (κ1) is 63.3. The number of nitrogens with zero attached hydrogens (tertiary/aromatic N) is 3. The molecule has 5 heteroatoms. The summed E-state index contributed by atoms with van der Waals surface area (Å²) in [6.45, 7) is 13.3. The molecular formula is C88H87N3O2. The first-order chi connectivity index (χ1) is 45.4. The number of benzene rings is 11. The van der Waals surface area contributed by atoms with E-state index in [1.165, 1.54) is 11.1 Å². The van der Waals surface area contributed by atoms with E-state index in [1.54, 1.807) is 0 Å². The highest BCUT2D eigenvalue weighted by Gasteiger charge is 2.53. The number of para-hydroxylation sites is 3. The van der Waals surface area contributed by atoms with Gasteiger partial charge in [-0.25, -0.2) is 0 Å². The summed E-state index contributed by atoms with van der Waals surface area (Å²) in [4.78, 5) is 38.6. The van der Waals surface area contributed by atoms with Crippen molar-refractivity contribution in [1.29, 1.82) is 0 Å². The molecule has 0 aliphatic heterocycles. The van der Waals surface area contributed by atoms with Gasteiger partial charge in [0.05, 0.1) is 0 Å². The number of carbonyl (C=O) groups excluding carboxylic acids is 2. The Morgan fingerprint density at radius 2 is 0.581 bits per heavy atom. The highest BCUT2D eigenvalue weighted by atomic mass is 16.2. The second-order valence-electron chi connectivity index (χ2n) is 26.3. The molecule has 11 aromatic rings. The molecule has 1 aliphatic carbocycles. The van der Waals surface area contributed by atoms with Gasteiger partial charge in [0.1, 0.15) is 5.41 Å². The molecule has 12 rings (SSSR count). The van der Waals surface area contributed by atoms with E-state index in [0.29, 0.717) is 12.8 Å².